The van der Waals surface area contributed by atoms with Gasteiger partial charge in [-0.05, 0) is 41.5 Å². The van der Waals surface area contributed by atoms with Gasteiger partial charge in [0.25, 0.3) is 5.91 Å². The number of rotatable bonds is 4. The zero-order chi connectivity index (χ0) is 17.2. The Morgan fingerprint density at radius 2 is 1.88 bits per heavy atom. The van der Waals surface area contributed by atoms with E-state index in [2.05, 4.69) is 26.1 Å². The number of benzene rings is 2. The summed E-state index contributed by atoms with van der Waals surface area (Å²) in [6.07, 6.45) is 1.86. The Morgan fingerprint density at radius 1 is 1.12 bits per heavy atom. The minimum Gasteiger partial charge on any atom is -0.489 e. The Bertz CT molecular complexity index is 716. The standard InChI is InChI=1S/C21H25NO2/c1-21(2,3)13-17-11-16-9-10-18(12-19(16)20(23)22-17)24-14-15-7-5-4-6-8-15/h4-10,12,17H,11,13-14H2,1-3H3,(H,22,23). The number of hydrogen-bond acceptors (Lipinski definition) is 2. The Kier molecular flexibility index (Phi) is 4.61. The lowest BCUT2D eigenvalue weighted by molar-refractivity contribution is 0.0912. The van der Waals surface area contributed by atoms with Gasteiger partial charge in [0.15, 0.2) is 0 Å². The van der Waals surface area contributed by atoms with Crippen molar-refractivity contribution in [1.82, 2.24) is 5.32 Å². The lowest BCUT2D eigenvalue weighted by Gasteiger charge is -2.31. The Balaban J connectivity index is 1.70. The molecule has 1 amide bonds. The monoisotopic (exact) mass is 323 g/mol. The number of carbonyl (C=O) groups is 1. The summed E-state index contributed by atoms with van der Waals surface area (Å²) in [5.41, 5.74) is 3.17. The van der Waals surface area contributed by atoms with E-state index in [0.29, 0.717) is 6.61 Å². The van der Waals surface area contributed by atoms with Crippen molar-refractivity contribution in [1.29, 1.82) is 0 Å². The third-order valence-corrected chi connectivity index (χ3v) is 4.23. The van der Waals surface area contributed by atoms with Crippen LogP contribution in [0, 0.1) is 5.41 Å². The summed E-state index contributed by atoms with van der Waals surface area (Å²) >= 11 is 0. The molecule has 1 unspecified atom stereocenters. The smallest absolute Gasteiger partial charge is 0.251 e. The van der Waals surface area contributed by atoms with E-state index in [-0.39, 0.29) is 17.4 Å². The van der Waals surface area contributed by atoms with Crippen LogP contribution in [0.25, 0.3) is 0 Å². The number of carbonyl (C=O) groups excluding carboxylic acids is 1. The third kappa shape index (κ3) is 4.16. The van der Waals surface area contributed by atoms with E-state index in [1.165, 1.54) is 0 Å². The van der Waals surface area contributed by atoms with E-state index in [1.54, 1.807) is 0 Å². The highest BCUT2D eigenvalue weighted by Gasteiger charge is 2.27. The average Bonchev–Trinajstić information content (AvgIpc) is 2.52. The summed E-state index contributed by atoms with van der Waals surface area (Å²) in [6.45, 7) is 7.12. The van der Waals surface area contributed by atoms with Gasteiger partial charge >= 0.3 is 0 Å². The molecular weight excluding hydrogens is 298 g/mol. The van der Waals surface area contributed by atoms with Crippen molar-refractivity contribution < 1.29 is 9.53 Å². The summed E-state index contributed by atoms with van der Waals surface area (Å²) in [5.74, 6) is 0.748. The maximum absolute atomic E-state index is 12.4. The fourth-order valence-electron chi connectivity index (χ4n) is 3.22. The second-order valence-electron chi connectivity index (χ2n) is 7.73. The van der Waals surface area contributed by atoms with Gasteiger partial charge in [0, 0.05) is 11.6 Å². The summed E-state index contributed by atoms with van der Waals surface area (Å²) in [5, 5.41) is 3.14. The Morgan fingerprint density at radius 3 is 2.58 bits per heavy atom. The number of ether oxygens (including phenoxy) is 1. The molecule has 126 valence electrons. The van der Waals surface area contributed by atoms with E-state index in [1.807, 2.05) is 48.5 Å². The molecule has 0 spiro atoms. The molecule has 1 aliphatic rings. The molecule has 3 heteroatoms. The van der Waals surface area contributed by atoms with Crippen molar-refractivity contribution in [3.8, 4) is 5.75 Å². The molecule has 1 heterocycles. The van der Waals surface area contributed by atoms with Gasteiger partial charge in [-0.1, -0.05) is 57.2 Å². The van der Waals surface area contributed by atoms with E-state index in [9.17, 15) is 4.79 Å². The number of nitrogens with one attached hydrogen (secondary N) is 1. The quantitative estimate of drug-likeness (QED) is 0.908. The highest BCUT2D eigenvalue weighted by Crippen LogP contribution is 2.28. The molecule has 2 aromatic carbocycles. The van der Waals surface area contributed by atoms with Gasteiger partial charge in [-0.3, -0.25) is 4.79 Å². The van der Waals surface area contributed by atoms with Gasteiger partial charge in [-0.2, -0.15) is 0 Å². The molecule has 0 saturated carbocycles. The molecule has 0 fully saturated rings. The Labute approximate surface area is 144 Å². The van der Waals surface area contributed by atoms with Crippen molar-refractivity contribution >= 4 is 5.91 Å². The van der Waals surface area contributed by atoms with Gasteiger partial charge in [0.2, 0.25) is 0 Å². The largest absolute Gasteiger partial charge is 0.489 e. The lowest BCUT2D eigenvalue weighted by Crippen LogP contribution is -2.43. The molecular formula is C21H25NO2. The van der Waals surface area contributed by atoms with Crippen LogP contribution < -0.4 is 10.1 Å². The summed E-state index contributed by atoms with van der Waals surface area (Å²) < 4.78 is 5.83. The van der Waals surface area contributed by atoms with Gasteiger partial charge in [0.05, 0.1) is 0 Å². The highest BCUT2D eigenvalue weighted by molar-refractivity contribution is 5.97. The predicted molar refractivity (Wildman–Crippen MR) is 96.2 cm³/mol. The second kappa shape index (κ2) is 6.68. The van der Waals surface area contributed by atoms with Crippen LogP contribution in [0.15, 0.2) is 48.5 Å². The van der Waals surface area contributed by atoms with Crippen LogP contribution in [-0.2, 0) is 13.0 Å². The van der Waals surface area contributed by atoms with Crippen molar-refractivity contribution in [2.24, 2.45) is 5.41 Å². The van der Waals surface area contributed by atoms with Crippen LogP contribution in [-0.4, -0.2) is 11.9 Å². The first kappa shape index (κ1) is 16.6. The third-order valence-electron chi connectivity index (χ3n) is 4.23. The van der Waals surface area contributed by atoms with Gasteiger partial charge in [-0.25, -0.2) is 0 Å². The van der Waals surface area contributed by atoms with Crippen LogP contribution >= 0.6 is 0 Å². The molecule has 1 aliphatic heterocycles. The zero-order valence-electron chi connectivity index (χ0n) is 14.6. The van der Waals surface area contributed by atoms with Crippen LogP contribution in [0.4, 0.5) is 0 Å². The molecule has 24 heavy (non-hydrogen) atoms. The number of fused-ring (bicyclic) bond motifs is 1. The summed E-state index contributed by atoms with van der Waals surface area (Å²) in [4.78, 5) is 12.4. The first-order chi connectivity index (χ1) is 11.4. The SMILES string of the molecule is CC(C)(C)CC1Cc2ccc(OCc3ccccc3)cc2C(=O)N1. The normalized spacial score (nSPS) is 17.1. The van der Waals surface area contributed by atoms with E-state index < -0.39 is 0 Å². The zero-order valence-corrected chi connectivity index (χ0v) is 14.6. The summed E-state index contributed by atoms with van der Waals surface area (Å²) in [7, 11) is 0. The van der Waals surface area contributed by atoms with E-state index >= 15 is 0 Å². The van der Waals surface area contributed by atoms with E-state index in [4.69, 9.17) is 4.74 Å². The second-order valence-corrected chi connectivity index (χ2v) is 7.73. The minimum absolute atomic E-state index is 0.00987. The average molecular weight is 323 g/mol. The van der Waals surface area contributed by atoms with Gasteiger partial charge < -0.3 is 10.1 Å². The molecule has 0 saturated heterocycles. The van der Waals surface area contributed by atoms with Crippen LogP contribution in [0.3, 0.4) is 0 Å². The highest BCUT2D eigenvalue weighted by atomic mass is 16.5. The van der Waals surface area contributed by atoms with Gasteiger partial charge in [-0.15, -0.1) is 0 Å². The fourth-order valence-corrected chi connectivity index (χ4v) is 3.22. The molecule has 2 aromatic rings. The number of amides is 1. The minimum atomic E-state index is 0.00987. The topological polar surface area (TPSA) is 38.3 Å². The maximum Gasteiger partial charge on any atom is 0.251 e. The maximum atomic E-state index is 12.4. The lowest BCUT2D eigenvalue weighted by atomic mass is 9.83. The predicted octanol–water partition coefficient (Wildman–Crippen LogP) is 4.36. The van der Waals surface area contributed by atoms with Crippen molar-refractivity contribution in [2.45, 2.75) is 46.3 Å². The molecule has 0 aliphatic carbocycles. The molecule has 1 N–H and O–H groups in total. The van der Waals surface area contributed by atoms with Crippen molar-refractivity contribution in [2.75, 3.05) is 0 Å². The van der Waals surface area contributed by atoms with Crippen LogP contribution in [0.5, 0.6) is 5.75 Å². The molecule has 3 nitrogen and oxygen atoms in total. The van der Waals surface area contributed by atoms with Crippen molar-refractivity contribution in [3.05, 3.63) is 65.2 Å². The molecule has 0 radical (unpaired) electrons. The molecule has 0 bridgehead atoms. The number of hydrogen-bond donors (Lipinski definition) is 1. The first-order valence-corrected chi connectivity index (χ1v) is 8.51. The summed E-state index contributed by atoms with van der Waals surface area (Å²) in [6, 6.07) is 16.1. The molecule has 1 atom stereocenters. The first-order valence-electron chi connectivity index (χ1n) is 8.51. The molecule has 0 aromatic heterocycles. The molecule has 3 rings (SSSR count). The fraction of sp³-hybridized carbons (Fsp3) is 0.381. The van der Waals surface area contributed by atoms with Crippen molar-refractivity contribution in [3.63, 3.8) is 0 Å². The Hall–Kier alpha value is -2.29. The van der Waals surface area contributed by atoms with E-state index in [0.717, 1.165) is 35.3 Å². The van der Waals surface area contributed by atoms with Crippen LogP contribution in [0.2, 0.25) is 0 Å². The van der Waals surface area contributed by atoms with Crippen LogP contribution in [0.1, 0.15) is 48.7 Å². The van der Waals surface area contributed by atoms with Gasteiger partial charge in [0.1, 0.15) is 12.4 Å².